The van der Waals surface area contributed by atoms with Gasteiger partial charge < -0.3 is 33.6 Å². The summed E-state index contributed by atoms with van der Waals surface area (Å²) in [5, 5.41) is 14.3. The maximum Gasteiger partial charge on any atom is 0.264 e. The Balaban J connectivity index is 1.23. The van der Waals surface area contributed by atoms with Crippen LogP contribution in [0.3, 0.4) is 0 Å². The smallest absolute Gasteiger partial charge is 0.264 e. The van der Waals surface area contributed by atoms with E-state index < -0.39 is 6.10 Å². The van der Waals surface area contributed by atoms with E-state index in [9.17, 15) is 5.11 Å². The molecule has 4 rings (SSSR count). The molecule has 1 unspecified atom stereocenters. The number of aromatic nitrogens is 2. The third-order valence-electron chi connectivity index (χ3n) is 5.62. The third kappa shape index (κ3) is 6.15. The zero-order valence-electron chi connectivity index (χ0n) is 19.1. The minimum Gasteiger partial charge on any atom is -0.495 e. The first-order valence-corrected chi connectivity index (χ1v) is 11.2. The maximum absolute atomic E-state index is 10.6. The van der Waals surface area contributed by atoms with Gasteiger partial charge in [-0.2, -0.15) is 4.98 Å². The molecule has 9 heteroatoms. The standard InChI is InChI=1S/C24H30N4O5/c1-18-25-24(33-26-18)17-32-23-10-6-5-9-22(23)31-16-19(29)15-27-11-13-28(14-12-27)20-7-3-4-8-21(20)30-2/h3-10,19,29H,11-17H2,1-2H3/p+1. The van der Waals surface area contributed by atoms with Crippen LogP contribution < -0.4 is 24.0 Å². The number of aliphatic hydroxyl groups excluding tert-OH is 1. The molecule has 9 nitrogen and oxygen atoms in total. The second-order valence-electron chi connectivity index (χ2n) is 8.05. The number of anilines is 1. The van der Waals surface area contributed by atoms with Crippen molar-refractivity contribution in [1.82, 2.24) is 10.1 Å². The summed E-state index contributed by atoms with van der Waals surface area (Å²) in [6.07, 6.45) is -0.579. The molecule has 0 radical (unpaired) electrons. The van der Waals surface area contributed by atoms with Crippen LogP contribution in [-0.2, 0) is 6.61 Å². The first-order chi connectivity index (χ1) is 16.1. The molecule has 3 aromatic rings. The summed E-state index contributed by atoms with van der Waals surface area (Å²) in [5.41, 5.74) is 1.12. The first kappa shape index (κ1) is 22.9. The Morgan fingerprint density at radius 1 is 1.03 bits per heavy atom. The molecule has 1 atom stereocenters. The molecule has 1 aliphatic rings. The molecule has 2 N–H and O–H groups in total. The Morgan fingerprint density at radius 3 is 2.36 bits per heavy atom. The lowest BCUT2D eigenvalue weighted by Gasteiger charge is -2.35. The number of benzene rings is 2. The van der Waals surface area contributed by atoms with Crippen LogP contribution in [0.5, 0.6) is 17.2 Å². The fourth-order valence-electron chi connectivity index (χ4n) is 3.96. The highest BCUT2D eigenvalue weighted by Gasteiger charge is 2.24. The van der Waals surface area contributed by atoms with Crippen molar-refractivity contribution in [1.29, 1.82) is 0 Å². The summed E-state index contributed by atoms with van der Waals surface area (Å²) in [7, 11) is 1.70. The maximum atomic E-state index is 10.6. The van der Waals surface area contributed by atoms with Crippen LogP contribution in [0, 0.1) is 6.92 Å². The minimum atomic E-state index is -0.579. The van der Waals surface area contributed by atoms with E-state index in [1.54, 1.807) is 14.0 Å². The van der Waals surface area contributed by atoms with E-state index in [1.807, 2.05) is 42.5 Å². The number of piperazine rings is 1. The minimum absolute atomic E-state index is 0.157. The number of aryl methyl sites for hydroxylation is 1. The van der Waals surface area contributed by atoms with Gasteiger partial charge in [0, 0.05) is 0 Å². The molecule has 0 amide bonds. The largest absolute Gasteiger partial charge is 0.495 e. The Bertz CT molecular complexity index is 1020. The van der Waals surface area contributed by atoms with Crippen molar-refractivity contribution in [3.8, 4) is 17.2 Å². The number of hydrogen-bond donors (Lipinski definition) is 2. The molecule has 2 aromatic carbocycles. The number of hydrogen-bond acceptors (Lipinski definition) is 8. The van der Waals surface area contributed by atoms with E-state index in [0.29, 0.717) is 29.8 Å². The molecule has 2 heterocycles. The number of para-hydroxylation sites is 4. The molecule has 0 saturated carbocycles. The molecule has 33 heavy (non-hydrogen) atoms. The summed E-state index contributed by atoms with van der Waals surface area (Å²) in [6.45, 7) is 6.45. The summed E-state index contributed by atoms with van der Waals surface area (Å²) in [6, 6.07) is 15.5. The summed E-state index contributed by atoms with van der Waals surface area (Å²) in [5.74, 6) is 3.00. The van der Waals surface area contributed by atoms with E-state index in [2.05, 4.69) is 21.1 Å². The van der Waals surface area contributed by atoms with E-state index >= 15 is 0 Å². The Morgan fingerprint density at radius 2 is 1.70 bits per heavy atom. The van der Waals surface area contributed by atoms with E-state index in [0.717, 1.165) is 37.6 Å². The predicted octanol–water partition coefficient (Wildman–Crippen LogP) is 1.11. The molecule has 0 bridgehead atoms. The molecule has 1 saturated heterocycles. The van der Waals surface area contributed by atoms with Gasteiger partial charge in [-0.3, -0.25) is 0 Å². The van der Waals surface area contributed by atoms with Crippen molar-refractivity contribution in [2.45, 2.75) is 19.6 Å². The van der Waals surface area contributed by atoms with Gasteiger partial charge >= 0.3 is 0 Å². The van der Waals surface area contributed by atoms with Crippen molar-refractivity contribution in [3.05, 3.63) is 60.2 Å². The second kappa shape index (κ2) is 11.0. The molecule has 0 spiro atoms. The average molecular weight is 456 g/mol. The Hall–Kier alpha value is -3.30. The van der Waals surface area contributed by atoms with Crippen molar-refractivity contribution in [2.75, 3.05) is 51.3 Å². The molecule has 1 fully saturated rings. The van der Waals surface area contributed by atoms with Crippen molar-refractivity contribution in [3.63, 3.8) is 0 Å². The van der Waals surface area contributed by atoms with Gasteiger partial charge in [-0.1, -0.05) is 29.4 Å². The monoisotopic (exact) mass is 455 g/mol. The highest BCUT2D eigenvalue weighted by molar-refractivity contribution is 5.58. The van der Waals surface area contributed by atoms with Gasteiger partial charge in [-0.05, 0) is 31.2 Å². The summed E-state index contributed by atoms with van der Waals surface area (Å²) >= 11 is 0. The third-order valence-corrected chi connectivity index (χ3v) is 5.62. The number of nitrogens with one attached hydrogen (secondary N) is 1. The average Bonchev–Trinajstić information content (AvgIpc) is 3.27. The first-order valence-electron chi connectivity index (χ1n) is 11.2. The number of nitrogens with zero attached hydrogens (tertiary/aromatic N) is 3. The predicted molar refractivity (Wildman–Crippen MR) is 122 cm³/mol. The Labute approximate surface area is 193 Å². The van der Waals surface area contributed by atoms with Crippen LogP contribution >= 0.6 is 0 Å². The highest BCUT2D eigenvalue weighted by atomic mass is 16.5. The SMILES string of the molecule is COc1ccccc1N1CC[NH+](CC(O)COc2ccccc2OCc2nc(C)no2)CC1. The van der Waals surface area contributed by atoms with E-state index in [-0.39, 0.29) is 13.2 Å². The van der Waals surface area contributed by atoms with Gasteiger partial charge in [0.2, 0.25) is 0 Å². The van der Waals surface area contributed by atoms with Gasteiger partial charge in [0.15, 0.2) is 23.9 Å². The van der Waals surface area contributed by atoms with Crippen LogP contribution in [0.15, 0.2) is 53.1 Å². The molecule has 0 aliphatic carbocycles. The lowest BCUT2D eigenvalue weighted by Crippen LogP contribution is -3.16. The molecular formula is C24H31N4O5+. The van der Waals surface area contributed by atoms with Crippen LogP contribution in [0.4, 0.5) is 5.69 Å². The van der Waals surface area contributed by atoms with Gasteiger partial charge in [-0.25, -0.2) is 0 Å². The number of rotatable bonds is 10. The van der Waals surface area contributed by atoms with E-state index in [4.69, 9.17) is 18.7 Å². The van der Waals surface area contributed by atoms with Crippen molar-refractivity contribution >= 4 is 5.69 Å². The van der Waals surface area contributed by atoms with Gasteiger partial charge in [0.1, 0.15) is 25.0 Å². The number of ether oxygens (including phenoxy) is 3. The van der Waals surface area contributed by atoms with Crippen LogP contribution in [0.25, 0.3) is 0 Å². The van der Waals surface area contributed by atoms with Gasteiger partial charge in [0.05, 0.1) is 39.0 Å². The lowest BCUT2D eigenvalue weighted by atomic mass is 10.2. The van der Waals surface area contributed by atoms with Gasteiger partial charge in [-0.15, -0.1) is 0 Å². The topological polar surface area (TPSA) is 94.5 Å². The van der Waals surface area contributed by atoms with E-state index in [1.165, 1.54) is 4.90 Å². The van der Waals surface area contributed by atoms with Crippen LogP contribution in [0.2, 0.25) is 0 Å². The number of aliphatic hydroxyl groups is 1. The zero-order valence-corrected chi connectivity index (χ0v) is 19.1. The highest BCUT2D eigenvalue weighted by Crippen LogP contribution is 2.28. The Kier molecular flexibility index (Phi) is 7.64. The summed E-state index contributed by atoms with van der Waals surface area (Å²) in [4.78, 5) is 7.82. The fraction of sp³-hybridized carbons (Fsp3) is 0.417. The molecule has 1 aliphatic heterocycles. The zero-order chi connectivity index (χ0) is 23.0. The summed E-state index contributed by atoms with van der Waals surface area (Å²) < 4.78 is 22.2. The quantitative estimate of drug-likeness (QED) is 0.470. The van der Waals surface area contributed by atoms with Crippen molar-refractivity contribution < 1.29 is 28.7 Å². The lowest BCUT2D eigenvalue weighted by molar-refractivity contribution is -0.903. The second-order valence-corrected chi connectivity index (χ2v) is 8.05. The van der Waals surface area contributed by atoms with Crippen molar-refractivity contribution in [2.24, 2.45) is 0 Å². The van der Waals surface area contributed by atoms with Crippen LogP contribution in [-0.4, -0.2) is 67.8 Å². The molecule has 176 valence electrons. The molecular weight excluding hydrogens is 424 g/mol. The van der Waals surface area contributed by atoms with Crippen LogP contribution in [0.1, 0.15) is 11.7 Å². The van der Waals surface area contributed by atoms with Gasteiger partial charge in [0.25, 0.3) is 5.89 Å². The number of methoxy groups -OCH3 is 1. The fourth-order valence-corrected chi connectivity index (χ4v) is 3.96. The number of quaternary nitrogens is 1. The normalized spacial score (nSPS) is 15.3. The molecule has 1 aromatic heterocycles.